The Kier molecular flexibility index (Phi) is 4.48. The van der Waals surface area contributed by atoms with E-state index in [0.717, 1.165) is 11.3 Å². The molecule has 1 unspecified atom stereocenters. The van der Waals surface area contributed by atoms with E-state index in [2.05, 4.69) is 12.6 Å². The highest BCUT2D eigenvalue weighted by molar-refractivity contribution is 7.80. The molecule has 0 spiro atoms. The van der Waals surface area contributed by atoms with E-state index in [-0.39, 0.29) is 5.78 Å². The number of Topliss-reactive ketones (excluding diaryl/α,β-unsaturated/α-hetero) is 1. The second-order valence-corrected chi connectivity index (χ2v) is 4.05. The number of thiol groups is 1. The summed E-state index contributed by atoms with van der Waals surface area (Å²) in [6.07, 6.45) is 0. The summed E-state index contributed by atoms with van der Waals surface area (Å²) in [5, 5.41) is -0.631. The van der Waals surface area contributed by atoms with E-state index >= 15 is 0 Å². The third kappa shape index (κ3) is 3.14. The first kappa shape index (κ1) is 12.4. The normalized spacial score (nSPS) is 12.3. The lowest BCUT2D eigenvalue weighted by atomic mass is 10.1. The molecule has 0 aliphatic carbocycles. The number of carbonyl (C=O) groups is 1. The third-order valence-electron chi connectivity index (χ3n) is 1.94. The maximum atomic E-state index is 11.1. The van der Waals surface area contributed by atoms with Crippen LogP contribution in [0.5, 0.6) is 5.75 Å². The van der Waals surface area contributed by atoms with Gasteiger partial charge in [-0.05, 0) is 31.5 Å². The van der Waals surface area contributed by atoms with Gasteiger partial charge < -0.3 is 4.74 Å². The fourth-order valence-electron chi connectivity index (χ4n) is 1.21. The van der Waals surface area contributed by atoms with Gasteiger partial charge in [0, 0.05) is 4.90 Å². The third-order valence-corrected chi connectivity index (χ3v) is 2.87. The molecule has 0 aromatic heterocycles. The van der Waals surface area contributed by atoms with Gasteiger partial charge in [-0.2, -0.15) is 0 Å². The van der Waals surface area contributed by atoms with E-state index in [1.807, 2.05) is 6.92 Å². The minimum Gasteiger partial charge on any atom is -0.494 e. The van der Waals surface area contributed by atoms with E-state index in [1.54, 1.807) is 18.2 Å². The highest BCUT2D eigenvalue weighted by Gasteiger charge is 2.16. The lowest BCUT2D eigenvalue weighted by Crippen LogP contribution is -2.03. The Hall–Kier alpha value is -0.670. The summed E-state index contributed by atoms with van der Waals surface area (Å²) in [5.74, 6) is 0.648. The molecule has 0 radical (unpaired) electrons. The van der Waals surface area contributed by atoms with Crippen molar-refractivity contribution in [1.82, 2.24) is 0 Å². The Labute approximate surface area is 100.0 Å². The van der Waals surface area contributed by atoms with Crippen molar-refractivity contribution < 1.29 is 9.53 Å². The first-order valence-electron chi connectivity index (χ1n) is 4.66. The minimum absolute atomic E-state index is 0.0869. The van der Waals surface area contributed by atoms with Crippen LogP contribution in [-0.2, 0) is 4.79 Å². The topological polar surface area (TPSA) is 26.3 Å². The zero-order valence-corrected chi connectivity index (χ0v) is 10.3. The zero-order valence-electron chi connectivity index (χ0n) is 8.66. The Bertz CT molecular complexity index is 366. The molecule has 0 aliphatic rings. The molecule has 0 amide bonds. The second-order valence-electron chi connectivity index (χ2n) is 3.13. The molecule has 1 atom stereocenters. The molecule has 0 heterocycles. The van der Waals surface area contributed by atoms with Crippen LogP contribution in [0.15, 0.2) is 23.1 Å². The van der Waals surface area contributed by atoms with Crippen LogP contribution in [0.4, 0.5) is 0 Å². The SMILES string of the molecule is CCOc1ccc(C(Cl)C(C)=O)c(S)c1. The van der Waals surface area contributed by atoms with Crippen LogP contribution in [0.2, 0.25) is 0 Å². The van der Waals surface area contributed by atoms with Crippen molar-refractivity contribution in [2.24, 2.45) is 0 Å². The first-order valence-corrected chi connectivity index (χ1v) is 5.54. The van der Waals surface area contributed by atoms with Crippen LogP contribution in [-0.4, -0.2) is 12.4 Å². The molecule has 4 heteroatoms. The highest BCUT2D eigenvalue weighted by atomic mass is 35.5. The second kappa shape index (κ2) is 5.42. The Morgan fingerprint density at radius 1 is 1.60 bits per heavy atom. The maximum Gasteiger partial charge on any atom is 0.152 e. The molecule has 0 N–H and O–H groups in total. The van der Waals surface area contributed by atoms with Gasteiger partial charge in [0.1, 0.15) is 11.1 Å². The Morgan fingerprint density at radius 3 is 2.73 bits per heavy atom. The summed E-state index contributed by atoms with van der Waals surface area (Å²) in [5.41, 5.74) is 0.718. The molecule has 15 heavy (non-hydrogen) atoms. The maximum absolute atomic E-state index is 11.1. The fourth-order valence-corrected chi connectivity index (χ4v) is 1.81. The minimum atomic E-state index is -0.631. The lowest BCUT2D eigenvalue weighted by Gasteiger charge is -2.11. The summed E-state index contributed by atoms with van der Waals surface area (Å²) in [7, 11) is 0. The van der Waals surface area contributed by atoms with Crippen molar-refractivity contribution >= 4 is 30.0 Å². The van der Waals surface area contributed by atoms with Gasteiger partial charge in [-0.3, -0.25) is 4.79 Å². The molecular formula is C11H13ClO2S. The average molecular weight is 245 g/mol. The molecule has 1 rings (SSSR count). The van der Waals surface area contributed by atoms with Crippen molar-refractivity contribution in [3.8, 4) is 5.75 Å². The van der Waals surface area contributed by atoms with Crippen LogP contribution in [0.1, 0.15) is 24.8 Å². The Morgan fingerprint density at radius 2 is 2.27 bits per heavy atom. The monoisotopic (exact) mass is 244 g/mol. The number of alkyl halides is 1. The summed E-state index contributed by atoms with van der Waals surface area (Å²) >= 11 is 10.2. The zero-order chi connectivity index (χ0) is 11.4. The van der Waals surface area contributed by atoms with Gasteiger partial charge in [0.25, 0.3) is 0 Å². The molecule has 0 saturated heterocycles. The van der Waals surface area contributed by atoms with Crippen LogP contribution >= 0.6 is 24.2 Å². The summed E-state index contributed by atoms with van der Waals surface area (Å²) < 4.78 is 5.30. The van der Waals surface area contributed by atoms with Crippen molar-refractivity contribution in [3.05, 3.63) is 23.8 Å². The molecule has 82 valence electrons. The number of ether oxygens (including phenoxy) is 1. The van der Waals surface area contributed by atoms with Crippen LogP contribution in [0, 0.1) is 0 Å². The molecule has 1 aromatic rings. The van der Waals surface area contributed by atoms with E-state index in [4.69, 9.17) is 16.3 Å². The molecule has 1 aromatic carbocycles. The number of carbonyl (C=O) groups excluding carboxylic acids is 1. The van der Waals surface area contributed by atoms with Gasteiger partial charge in [-0.15, -0.1) is 24.2 Å². The van der Waals surface area contributed by atoms with E-state index < -0.39 is 5.38 Å². The number of rotatable bonds is 4. The highest BCUT2D eigenvalue weighted by Crippen LogP contribution is 2.30. The van der Waals surface area contributed by atoms with Crippen LogP contribution < -0.4 is 4.74 Å². The lowest BCUT2D eigenvalue weighted by molar-refractivity contribution is -0.116. The van der Waals surface area contributed by atoms with Crippen molar-refractivity contribution in [2.45, 2.75) is 24.1 Å². The first-order chi connectivity index (χ1) is 7.06. The van der Waals surface area contributed by atoms with Gasteiger partial charge in [-0.1, -0.05) is 6.07 Å². The molecule has 2 nitrogen and oxygen atoms in total. The number of benzene rings is 1. The van der Waals surface area contributed by atoms with E-state index in [1.165, 1.54) is 6.92 Å². The number of hydrogen-bond donors (Lipinski definition) is 1. The van der Waals surface area contributed by atoms with Gasteiger partial charge in [0.2, 0.25) is 0 Å². The predicted molar refractivity (Wildman–Crippen MR) is 64.1 cm³/mol. The molecular weight excluding hydrogens is 232 g/mol. The molecule has 0 bridgehead atoms. The van der Waals surface area contributed by atoms with Crippen molar-refractivity contribution in [2.75, 3.05) is 6.61 Å². The van der Waals surface area contributed by atoms with Gasteiger partial charge in [0.05, 0.1) is 6.61 Å². The van der Waals surface area contributed by atoms with Crippen molar-refractivity contribution in [3.63, 3.8) is 0 Å². The van der Waals surface area contributed by atoms with E-state index in [0.29, 0.717) is 11.5 Å². The molecule has 0 saturated carbocycles. The number of hydrogen-bond acceptors (Lipinski definition) is 3. The molecule has 0 fully saturated rings. The van der Waals surface area contributed by atoms with Gasteiger partial charge in [-0.25, -0.2) is 0 Å². The van der Waals surface area contributed by atoms with Crippen LogP contribution in [0.3, 0.4) is 0 Å². The predicted octanol–water partition coefficient (Wildman–Crippen LogP) is 3.24. The van der Waals surface area contributed by atoms with E-state index in [9.17, 15) is 4.79 Å². The Balaban J connectivity index is 2.97. The number of halogens is 1. The van der Waals surface area contributed by atoms with Crippen LogP contribution in [0.25, 0.3) is 0 Å². The average Bonchev–Trinajstić information content (AvgIpc) is 2.17. The number of ketones is 1. The van der Waals surface area contributed by atoms with Gasteiger partial charge in [0.15, 0.2) is 5.78 Å². The summed E-state index contributed by atoms with van der Waals surface area (Å²) in [6.45, 7) is 3.97. The quantitative estimate of drug-likeness (QED) is 0.650. The summed E-state index contributed by atoms with van der Waals surface area (Å²) in [4.78, 5) is 11.8. The molecule has 0 aliphatic heterocycles. The standard InChI is InChI=1S/C11H13ClO2S/c1-3-14-8-4-5-9(10(15)6-8)11(12)7(2)13/h4-6,11,15H,3H2,1-2H3. The smallest absolute Gasteiger partial charge is 0.152 e. The summed E-state index contributed by atoms with van der Waals surface area (Å²) in [6, 6.07) is 5.32. The van der Waals surface area contributed by atoms with Gasteiger partial charge >= 0.3 is 0 Å². The largest absolute Gasteiger partial charge is 0.494 e. The van der Waals surface area contributed by atoms with Crippen molar-refractivity contribution in [1.29, 1.82) is 0 Å². The fraction of sp³-hybridized carbons (Fsp3) is 0.364.